The van der Waals surface area contributed by atoms with Crippen LogP contribution < -0.4 is 5.73 Å². The number of nitrogens with zero attached hydrogens (tertiary/aromatic N) is 1. The lowest BCUT2D eigenvalue weighted by Gasteiger charge is -2.16. The lowest BCUT2D eigenvalue weighted by atomic mass is 9.93. The van der Waals surface area contributed by atoms with E-state index in [4.69, 9.17) is 10.5 Å². The Balaban J connectivity index is 2.34. The van der Waals surface area contributed by atoms with E-state index in [0.717, 1.165) is 22.0 Å². The van der Waals surface area contributed by atoms with Crippen LogP contribution in [0.1, 0.15) is 38.1 Å². The number of carbonyl (C=O) groups excluding carboxylic acids is 1. The van der Waals surface area contributed by atoms with E-state index in [0.29, 0.717) is 0 Å². The quantitative estimate of drug-likeness (QED) is 0.878. The summed E-state index contributed by atoms with van der Waals surface area (Å²) >= 11 is 0. The summed E-state index contributed by atoms with van der Waals surface area (Å²) in [4.78, 5) is 16.1. The van der Waals surface area contributed by atoms with Crippen LogP contribution in [0.15, 0.2) is 36.5 Å². The molecule has 0 saturated heterocycles. The van der Waals surface area contributed by atoms with Gasteiger partial charge in [0.15, 0.2) is 0 Å². The number of rotatable bonds is 4. The van der Waals surface area contributed by atoms with Crippen molar-refractivity contribution in [3.05, 3.63) is 47.8 Å². The molecule has 0 bridgehead atoms. The smallest absolute Gasteiger partial charge is 0.315 e. The number of esters is 1. The third-order valence-electron chi connectivity index (χ3n) is 3.67. The molecule has 1 heterocycles. The van der Waals surface area contributed by atoms with Crippen LogP contribution in [0.5, 0.6) is 0 Å². The molecule has 1 atom stereocenters. The molecule has 0 aliphatic heterocycles. The number of fused-ring (bicyclic) bond motifs is 1. The number of hydrogen-bond acceptors (Lipinski definition) is 4. The highest BCUT2D eigenvalue weighted by Gasteiger charge is 2.25. The first-order valence-corrected chi connectivity index (χ1v) is 7.26. The van der Waals surface area contributed by atoms with Gasteiger partial charge in [-0.3, -0.25) is 9.78 Å². The molecule has 0 amide bonds. The molecule has 1 unspecified atom stereocenters. The zero-order valence-corrected chi connectivity index (χ0v) is 13.5. The second-order valence-electron chi connectivity index (χ2n) is 6.05. The van der Waals surface area contributed by atoms with Crippen molar-refractivity contribution in [3.8, 4) is 0 Å². The summed E-state index contributed by atoms with van der Waals surface area (Å²) in [7, 11) is 1.39. The maximum absolute atomic E-state index is 11.7. The molecule has 4 heteroatoms. The van der Waals surface area contributed by atoms with Gasteiger partial charge in [-0.05, 0) is 49.9 Å². The van der Waals surface area contributed by atoms with E-state index < -0.39 is 5.41 Å². The van der Waals surface area contributed by atoms with Gasteiger partial charge < -0.3 is 10.5 Å². The van der Waals surface area contributed by atoms with Gasteiger partial charge in [0, 0.05) is 17.6 Å². The number of aromatic nitrogens is 1. The van der Waals surface area contributed by atoms with Gasteiger partial charge in [-0.25, -0.2) is 0 Å². The Bertz CT molecular complexity index is 718. The number of ether oxygens (including phenoxy) is 1. The lowest BCUT2D eigenvalue weighted by Crippen LogP contribution is -2.22. The van der Waals surface area contributed by atoms with E-state index in [1.165, 1.54) is 7.11 Å². The van der Waals surface area contributed by atoms with Gasteiger partial charge in [0.1, 0.15) is 0 Å². The average Bonchev–Trinajstić information content (AvgIpc) is 2.51. The molecule has 116 valence electrons. The molecule has 22 heavy (non-hydrogen) atoms. The Labute approximate surface area is 131 Å². The van der Waals surface area contributed by atoms with Crippen LogP contribution in [0, 0.1) is 5.41 Å². The van der Waals surface area contributed by atoms with Crippen molar-refractivity contribution in [2.24, 2.45) is 11.1 Å². The summed E-state index contributed by atoms with van der Waals surface area (Å²) in [5, 5.41) is 2.15. The molecule has 1 aromatic heterocycles. The minimum absolute atomic E-state index is 0.00480. The van der Waals surface area contributed by atoms with Gasteiger partial charge in [0.05, 0.1) is 18.2 Å². The molecule has 0 aliphatic rings. The molecule has 2 N–H and O–H groups in total. The van der Waals surface area contributed by atoms with Gasteiger partial charge in [-0.1, -0.05) is 18.2 Å². The monoisotopic (exact) mass is 298 g/mol. The molecule has 0 aliphatic carbocycles. The fourth-order valence-corrected chi connectivity index (χ4v) is 2.18. The van der Waals surface area contributed by atoms with Crippen LogP contribution in [0.2, 0.25) is 0 Å². The van der Waals surface area contributed by atoms with Crippen LogP contribution in [-0.2, 0) is 9.53 Å². The van der Waals surface area contributed by atoms with E-state index in [2.05, 4.69) is 11.1 Å². The average molecular weight is 298 g/mol. The number of pyridine rings is 1. The fraction of sp³-hybridized carbons (Fsp3) is 0.333. The van der Waals surface area contributed by atoms with Crippen LogP contribution in [0.3, 0.4) is 0 Å². The number of nitrogens with two attached hydrogens (primary N) is 1. The largest absolute Gasteiger partial charge is 0.468 e. The van der Waals surface area contributed by atoms with E-state index in [9.17, 15) is 4.79 Å². The normalized spacial score (nSPS) is 13.5. The van der Waals surface area contributed by atoms with Gasteiger partial charge in [-0.2, -0.15) is 0 Å². The predicted molar refractivity (Wildman–Crippen MR) is 89.2 cm³/mol. The summed E-state index contributed by atoms with van der Waals surface area (Å²) in [6, 6.07) is 8.10. The van der Waals surface area contributed by atoms with Crippen LogP contribution in [0.4, 0.5) is 0 Å². The Hall–Kier alpha value is -2.20. The van der Waals surface area contributed by atoms with E-state index in [-0.39, 0.29) is 12.0 Å². The van der Waals surface area contributed by atoms with Crippen molar-refractivity contribution in [1.82, 2.24) is 4.98 Å². The first-order chi connectivity index (χ1) is 10.3. The Morgan fingerprint density at radius 2 is 2.05 bits per heavy atom. The lowest BCUT2D eigenvalue weighted by molar-refractivity contribution is -0.148. The highest BCUT2D eigenvalue weighted by Crippen LogP contribution is 2.23. The highest BCUT2D eigenvalue weighted by atomic mass is 16.5. The van der Waals surface area contributed by atoms with Gasteiger partial charge in [-0.15, -0.1) is 0 Å². The highest BCUT2D eigenvalue weighted by molar-refractivity contribution is 5.84. The maximum atomic E-state index is 11.7. The third kappa shape index (κ3) is 3.52. The van der Waals surface area contributed by atoms with Gasteiger partial charge >= 0.3 is 5.97 Å². The third-order valence-corrected chi connectivity index (χ3v) is 3.67. The summed E-state index contributed by atoms with van der Waals surface area (Å²) < 4.78 is 4.79. The Kier molecular flexibility index (Phi) is 4.62. The maximum Gasteiger partial charge on any atom is 0.315 e. The first-order valence-electron chi connectivity index (χ1n) is 7.26. The minimum Gasteiger partial charge on any atom is -0.468 e. The number of methoxy groups -OCH3 is 1. The molecule has 2 rings (SSSR count). The molecule has 4 nitrogen and oxygen atoms in total. The van der Waals surface area contributed by atoms with Crippen LogP contribution in [0.25, 0.3) is 16.8 Å². The van der Waals surface area contributed by atoms with Crippen molar-refractivity contribution in [3.63, 3.8) is 0 Å². The van der Waals surface area contributed by atoms with E-state index >= 15 is 0 Å². The number of benzene rings is 1. The van der Waals surface area contributed by atoms with Crippen molar-refractivity contribution in [1.29, 1.82) is 0 Å². The SMILES string of the molecule is COC(=O)C(C)(C)C=Cc1cc2cc(C(C)N)ccc2cn1. The molecular formula is C18H22N2O2. The number of hydrogen-bond donors (Lipinski definition) is 1. The molecule has 0 fully saturated rings. The van der Waals surface area contributed by atoms with Crippen LogP contribution in [-0.4, -0.2) is 18.1 Å². The van der Waals surface area contributed by atoms with Crippen molar-refractivity contribution >= 4 is 22.8 Å². The molecular weight excluding hydrogens is 276 g/mol. The van der Waals surface area contributed by atoms with Crippen LogP contribution >= 0.6 is 0 Å². The minimum atomic E-state index is -0.682. The Morgan fingerprint density at radius 1 is 1.32 bits per heavy atom. The van der Waals surface area contributed by atoms with Crippen molar-refractivity contribution in [2.45, 2.75) is 26.8 Å². The van der Waals surface area contributed by atoms with Crippen molar-refractivity contribution < 1.29 is 9.53 Å². The first kappa shape index (κ1) is 16.2. The summed E-state index contributed by atoms with van der Waals surface area (Å²) in [5.74, 6) is -0.274. The molecule has 0 saturated carbocycles. The second kappa shape index (κ2) is 6.28. The fourth-order valence-electron chi connectivity index (χ4n) is 2.18. The molecule has 1 aromatic carbocycles. The molecule has 2 aromatic rings. The molecule has 0 spiro atoms. The zero-order valence-electron chi connectivity index (χ0n) is 13.5. The summed E-state index contributed by atoms with van der Waals surface area (Å²) in [6.45, 7) is 5.58. The van der Waals surface area contributed by atoms with E-state index in [1.54, 1.807) is 0 Å². The standard InChI is InChI=1S/C18H22N2O2/c1-12(19)13-5-6-14-11-20-16(10-15(14)9-13)7-8-18(2,3)17(21)22-4/h5-12H,19H2,1-4H3. The Morgan fingerprint density at radius 3 is 2.68 bits per heavy atom. The summed E-state index contributed by atoms with van der Waals surface area (Å²) in [5.41, 5.74) is 7.13. The molecule has 0 radical (unpaired) electrons. The summed E-state index contributed by atoms with van der Waals surface area (Å²) in [6.07, 6.45) is 5.47. The van der Waals surface area contributed by atoms with E-state index in [1.807, 2.05) is 57.3 Å². The zero-order chi connectivity index (χ0) is 16.3. The topological polar surface area (TPSA) is 65.2 Å². The predicted octanol–water partition coefficient (Wildman–Crippen LogP) is 3.47. The van der Waals surface area contributed by atoms with Crippen molar-refractivity contribution in [2.75, 3.05) is 7.11 Å². The van der Waals surface area contributed by atoms with Gasteiger partial charge in [0.2, 0.25) is 0 Å². The second-order valence-corrected chi connectivity index (χ2v) is 6.05. The number of carbonyl (C=O) groups is 1. The van der Waals surface area contributed by atoms with Gasteiger partial charge in [0.25, 0.3) is 0 Å².